The van der Waals surface area contributed by atoms with Crippen LogP contribution in [0.5, 0.6) is 0 Å². The molecular formula is C14H30N2O2. The topological polar surface area (TPSA) is 44.7 Å². The van der Waals surface area contributed by atoms with Gasteiger partial charge in [-0.15, -0.1) is 0 Å². The van der Waals surface area contributed by atoms with Crippen LogP contribution < -0.4 is 5.32 Å². The van der Waals surface area contributed by atoms with Crippen molar-refractivity contribution >= 4 is 0 Å². The van der Waals surface area contributed by atoms with Crippen molar-refractivity contribution in [2.45, 2.75) is 39.7 Å². The molecule has 1 aliphatic heterocycles. The van der Waals surface area contributed by atoms with Crippen molar-refractivity contribution in [2.75, 3.05) is 46.0 Å². The van der Waals surface area contributed by atoms with Gasteiger partial charge in [0.1, 0.15) is 0 Å². The van der Waals surface area contributed by atoms with E-state index in [0.717, 1.165) is 45.8 Å². The van der Waals surface area contributed by atoms with E-state index in [1.807, 2.05) is 0 Å². The van der Waals surface area contributed by atoms with Gasteiger partial charge in [-0.1, -0.05) is 20.8 Å². The van der Waals surface area contributed by atoms with Crippen LogP contribution >= 0.6 is 0 Å². The highest BCUT2D eigenvalue weighted by Crippen LogP contribution is 2.29. The second-order valence-corrected chi connectivity index (χ2v) is 5.78. The van der Waals surface area contributed by atoms with E-state index >= 15 is 0 Å². The van der Waals surface area contributed by atoms with Crippen LogP contribution in [0.1, 0.15) is 33.6 Å². The zero-order valence-electron chi connectivity index (χ0n) is 12.2. The second kappa shape index (κ2) is 8.10. The first kappa shape index (κ1) is 15.9. The quantitative estimate of drug-likeness (QED) is 0.684. The van der Waals surface area contributed by atoms with Gasteiger partial charge in [-0.2, -0.15) is 0 Å². The zero-order valence-corrected chi connectivity index (χ0v) is 12.2. The number of nitrogens with zero attached hydrogens (tertiary/aromatic N) is 1. The van der Waals surface area contributed by atoms with E-state index in [4.69, 9.17) is 9.84 Å². The summed E-state index contributed by atoms with van der Waals surface area (Å²) in [6.45, 7) is 12.3. The SMILES string of the molecule is CCN(CCO)CC1(CNC(C)C)CCCOC1. The average molecular weight is 258 g/mol. The Hall–Kier alpha value is -0.160. The van der Waals surface area contributed by atoms with Crippen LogP contribution in [0.25, 0.3) is 0 Å². The fourth-order valence-corrected chi connectivity index (χ4v) is 2.62. The Morgan fingerprint density at radius 2 is 2.22 bits per heavy atom. The van der Waals surface area contributed by atoms with Gasteiger partial charge in [0.15, 0.2) is 0 Å². The van der Waals surface area contributed by atoms with Crippen molar-refractivity contribution in [3.8, 4) is 0 Å². The molecule has 1 saturated heterocycles. The van der Waals surface area contributed by atoms with E-state index in [9.17, 15) is 0 Å². The van der Waals surface area contributed by atoms with Gasteiger partial charge in [-0.05, 0) is 19.4 Å². The third-order valence-electron chi connectivity index (χ3n) is 3.71. The van der Waals surface area contributed by atoms with Crippen molar-refractivity contribution in [3.63, 3.8) is 0 Å². The first-order valence-corrected chi connectivity index (χ1v) is 7.26. The number of ether oxygens (including phenoxy) is 1. The summed E-state index contributed by atoms with van der Waals surface area (Å²) in [6.07, 6.45) is 2.37. The van der Waals surface area contributed by atoms with Gasteiger partial charge < -0.3 is 20.1 Å². The number of hydrogen-bond acceptors (Lipinski definition) is 4. The Kier molecular flexibility index (Phi) is 7.15. The van der Waals surface area contributed by atoms with Gasteiger partial charge in [0.05, 0.1) is 13.2 Å². The molecular weight excluding hydrogens is 228 g/mol. The molecule has 0 amide bonds. The number of hydrogen-bond donors (Lipinski definition) is 2. The summed E-state index contributed by atoms with van der Waals surface area (Å²) in [5.41, 5.74) is 0.216. The highest BCUT2D eigenvalue weighted by Gasteiger charge is 2.34. The lowest BCUT2D eigenvalue weighted by Crippen LogP contribution is -2.50. The van der Waals surface area contributed by atoms with Gasteiger partial charge in [-0.25, -0.2) is 0 Å². The molecule has 4 nitrogen and oxygen atoms in total. The molecule has 0 aromatic rings. The number of likely N-dealkylation sites (N-methyl/N-ethyl adjacent to an activating group) is 1. The molecule has 1 atom stereocenters. The van der Waals surface area contributed by atoms with Crippen LogP contribution in [-0.4, -0.2) is 62.0 Å². The lowest BCUT2D eigenvalue weighted by atomic mass is 9.81. The summed E-state index contributed by atoms with van der Waals surface area (Å²) in [5.74, 6) is 0. The molecule has 1 heterocycles. The van der Waals surface area contributed by atoms with E-state index in [1.54, 1.807) is 0 Å². The van der Waals surface area contributed by atoms with Crippen LogP contribution in [0.4, 0.5) is 0 Å². The predicted octanol–water partition coefficient (Wildman–Crippen LogP) is 1.10. The number of aliphatic hydroxyl groups excluding tert-OH is 1. The van der Waals surface area contributed by atoms with Crippen molar-refractivity contribution < 1.29 is 9.84 Å². The summed E-state index contributed by atoms with van der Waals surface area (Å²) in [6, 6.07) is 0.511. The van der Waals surface area contributed by atoms with Crippen molar-refractivity contribution in [1.29, 1.82) is 0 Å². The monoisotopic (exact) mass is 258 g/mol. The van der Waals surface area contributed by atoms with Crippen LogP contribution in [-0.2, 0) is 4.74 Å². The van der Waals surface area contributed by atoms with Gasteiger partial charge in [0.2, 0.25) is 0 Å². The highest BCUT2D eigenvalue weighted by molar-refractivity contribution is 4.87. The largest absolute Gasteiger partial charge is 0.395 e. The molecule has 0 aromatic heterocycles. The van der Waals surface area contributed by atoms with E-state index in [-0.39, 0.29) is 12.0 Å². The smallest absolute Gasteiger partial charge is 0.0558 e. The van der Waals surface area contributed by atoms with Crippen molar-refractivity contribution in [1.82, 2.24) is 10.2 Å². The standard InChI is InChI=1S/C14H30N2O2/c1-4-16(7-8-17)11-14(10-15-13(2)3)6-5-9-18-12-14/h13,15,17H,4-12H2,1-3H3. The maximum atomic E-state index is 9.11. The zero-order chi connectivity index (χ0) is 13.4. The molecule has 0 aromatic carbocycles. The second-order valence-electron chi connectivity index (χ2n) is 5.78. The van der Waals surface area contributed by atoms with Gasteiger partial charge in [-0.3, -0.25) is 0 Å². The first-order valence-electron chi connectivity index (χ1n) is 7.26. The Balaban J connectivity index is 2.57. The normalized spacial score (nSPS) is 25.0. The third-order valence-corrected chi connectivity index (χ3v) is 3.71. The molecule has 4 heteroatoms. The van der Waals surface area contributed by atoms with Gasteiger partial charge in [0.25, 0.3) is 0 Å². The van der Waals surface area contributed by atoms with Crippen molar-refractivity contribution in [3.05, 3.63) is 0 Å². The maximum absolute atomic E-state index is 9.11. The fraction of sp³-hybridized carbons (Fsp3) is 1.00. The van der Waals surface area contributed by atoms with E-state index in [2.05, 4.69) is 31.0 Å². The summed E-state index contributed by atoms with van der Waals surface area (Å²) >= 11 is 0. The summed E-state index contributed by atoms with van der Waals surface area (Å²) in [7, 11) is 0. The molecule has 1 fully saturated rings. The van der Waals surface area contributed by atoms with Crippen LogP contribution in [0.3, 0.4) is 0 Å². The highest BCUT2D eigenvalue weighted by atomic mass is 16.5. The Labute approximate surface area is 112 Å². The Morgan fingerprint density at radius 3 is 2.72 bits per heavy atom. The third kappa shape index (κ3) is 5.22. The van der Waals surface area contributed by atoms with Crippen molar-refractivity contribution in [2.24, 2.45) is 5.41 Å². The molecule has 1 unspecified atom stereocenters. The molecule has 0 aliphatic carbocycles. The minimum Gasteiger partial charge on any atom is -0.395 e. The van der Waals surface area contributed by atoms with E-state index in [1.165, 1.54) is 6.42 Å². The molecule has 108 valence electrons. The molecule has 0 radical (unpaired) electrons. The summed E-state index contributed by atoms with van der Waals surface area (Å²) in [4.78, 5) is 2.33. The van der Waals surface area contributed by atoms with E-state index < -0.39 is 0 Å². The summed E-state index contributed by atoms with van der Waals surface area (Å²) in [5, 5.41) is 12.7. The minimum atomic E-state index is 0.216. The molecule has 0 bridgehead atoms. The van der Waals surface area contributed by atoms with Gasteiger partial charge in [0, 0.05) is 37.7 Å². The fourth-order valence-electron chi connectivity index (χ4n) is 2.62. The van der Waals surface area contributed by atoms with E-state index in [0.29, 0.717) is 6.04 Å². The van der Waals surface area contributed by atoms with Crippen LogP contribution in [0.2, 0.25) is 0 Å². The average Bonchev–Trinajstić information content (AvgIpc) is 2.37. The lowest BCUT2D eigenvalue weighted by molar-refractivity contribution is -0.0280. The Morgan fingerprint density at radius 1 is 1.44 bits per heavy atom. The molecule has 1 aliphatic rings. The molecule has 0 spiro atoms. The maximum Gasteiger partial charge on any atom is 0.0558 e. The Bertz CT molecular complexity index is 216. The van der Waals surface area contributed by atoms with Crippen LogP contribution in [0.15, 0.2) is 0 Å². The molecule has 2 N–H and O–H groups in total. The molecule has 0 saturated carbocycles. The number of aliphatic hydroxyl groups is 1. The van der Waals surface area contributed by atoms with Gasteiger partial charge >= 0.3 is 0 Å². The number of rotatable bonds is 8. The summed E-state index contributed by atoms with van der Waals surface area (Å²) < 4.78 is 5.71. The number of nitrogens with one attached hydrogen (secondary N) is 1. The minimum absolute atomic E-state index is 0.216. The van der Waals surface area contributed by atoms with Crippen LogP contribution in [0, 0.1) is 5.41 Å². The first-order chi connectivity index (χ1) is 8.62. The lowest BCUT2D eigenvalue weighted by Gasteiger charge is -2.41. The predicted molar refractivity (Wildman–Crippen MR) is 74.8 cm³/mol. The molecule has 18 heavy (non-hydrogen) atoms. The molecule has 1 rings (SSSR count).